The van der Waals surface area contributed by atoms with Crippen molar-refractivity contribution < 1.29 is 14.6 Å². The minimum atomic E-state index is -2.06. The van der Waals surface area contributed by atoms with Gasteiger partial charge in [-0.05, 0) is 4.57 Å². The SMILES string of the molecule is CC(CO)C[P+](=O)O. The van der Waals surface area contributed by atoms with Crippen molar-refractivity contribution in [2.75, 3.05) is 12.8 Å². The summed E-state index contributed by atoms with van der Waals surface area (Å²) in [7, 11) is -2.06. The van der Waals surface area contributed by atoms with E-state index in [9.17, 15) is 4.57 Å². The van der Waals surface area contributed by atoms with Gasteiger partial charge >= 0.3 is 8.03 Å². The summed E-state index contributed by atoms with van der Waals surface area (Å²) in [6.45, 7) is 1.71. The molecule has 0 aliphatic rings. The van der Waals surface area contributed by atoms with Gasteiger partial charge in [0, 0.05) is 12.5 Å². The van der Waals surface area contributed by atoms with E-state index in [2.05, 4.69) is 0 Å². The van der Waals surface area contributed by atoms with Crippen LogP contribution < -0.4 is 0 Å². The Labute approximate surface area is 49.2 Å². The first kappa shape index (κ1) is 8.02. The highest BCUT2D eigenvalue weighted by atomic mass is 31.1. The van der Waals surface area contributed by atoms with Crippen molar-refractivity contribution in [2.45, 2.75) is 6.92 Å². The molecule has 2 N–H and O–H groups in total. The first-order chi connectivity index (χ1) is 3.66. The molecule has 0 saturated heterocycles. The molecule has 0 aliphatic carbocycles. The second-order valence-corrected chi connectivity index (χ2v) is 2.89. The van der Waals surface area contributed by atoms with Gasteiger partial charge in [0.1, 0.15) is 0 Å². The van der Waals surface area contributed by atoms with Crippen molar-refractivity contribution in [1.82, 2.24) is 0 Å². The van der Waals surface area contributed by atoms with E-state index in [1.165, 1.54) is 0 Å². The summed E-state index contributed by atoms with van der Waals surface area (Å²) in [5.74, 6) is -0.0522. The topological polar surface area (TPSA) is 57.5 Å². The van der Waals surface area contributed by atoms with Crippen LogP contribution in [0.5, 0.6) is 0 Å². The highest BCUT2D eigenvalue weighted by molar-refractivity contribution is 7.37. The van der Waals surface area contributed by atoms with Gasteiger partial charge in [0.25, 0.3) is 0 Å². The summed E-state index contributed by atoms with van der Waals surface area (Å²) in [4.78, 5) is 8.25. The Bertz CT molecular complexity index is 83.4. The summed E-state index contributed by atoms with van der Waals surface area (Å²) in [5, 5.41) is 8.34. The first-order valence-corrected chi connectivity index (χ1v) is 3.81. The second kappa shape index (κ2) is 3.96. The number of aliphatic hydroxyl groups excluding tert-OH is 1. The lowest BCUT2D eigenvalue weighted by atomic mass is 10.2. The van der Waals surface area contributed by atoms with Crippen LogP contribution in [0.15, 0.2) is 0 Å². The van der Waals surface area contributed by atoms with Crippen LogP contribution in [0.4, 0.5) is 0 Å². The smallest absolute Gasteiger partial charge is 0.396 e. The zero-order valence-corrected chi connectivity index (χ0v) is 5.64. The Balaban J connectivity index is 3.24. The Morgan fingerprint density at radius 3 is 2.38 bits per heavy atom. The summed E-state index contributed by atoms with van der Waals surface area (Å²) in [6, 6.07) is 0. The number of hydrogen-bond acceptors (Lipinski definition) is 2. The molecule has 0 rings (SSSR count). The fraction of sp³-hybridized carbons (Fsp3) is 1.00. The van der Waals surface area contributed by atoms with Gasteiger partial charge in [0.05, 0.1) is 0 Å². The van der Waals surface area contributed by atoms with Gasteiger partial charge in [-0.15, -0.1) is 0 Å². The minimum Gasteiger partial charge on any atom is -0.396 e. The Morgan fingerprint density at radius 2 is 2.25 bits per heavy atom. The van der Waals surface area contributed by atoms with E-state index < -0.39 is 8.03 Å². The third-order valence-electron chi connectivity index (χ3n) is 0.780. The van der Waals surface area contributed by atoms with Crippen molar-refractivity contribution in [3.63, 3.8) is 0 Å². The molecule has 0 amide bonds. The van der Waals surface area contributed by atoms with Crippen LogP contribution in [-0.4, -0.2) is 22.8 Å². The van der Waals surface area contributed by atoms with Gasteiger partial charge in [-0.3, -0.25) is 0 Å². The molecule has 0 aliphatic heterocycles. The number of hydrogen-bond donors (Lipinski definition) is 2. The third kappa shape index (κ3) is 4.19. The van der Waals surface area contributed by atoms with Crippen molar-refractivity contribution in [2.24, 2.45) is 5.92 Å². The Kier molecular flexibility index (Phi) is 3.97. The molecule has 0 aromatic heterocycles. The maximum absolute atomic E-state index is 10.0. The molecule has 0 fully saturated rings. The van der Waals surface area contributed by atoms with Crippen molar-refractivity contribution >= 4 is 8.03 Å². The molecule has 0 aromatic rings. The molecule has 0 saturated carbocycles. The van der Waals surface area contributed by atoms with Crippen LogP contribution in [-0.2, 0) is 4.57 Å². The van der Waals surface area contributed by atoms with Crippen molar-refractivity contribution in [3.8, 4) is 0 Å². The summed E-state index contributed by atoms with van der Waals surface area (Å²) in [5.41, 5.74) is 0. The van der Waals surface area contributed by atoms with Crippen LogP contribution in [0.1, 0.15) is 6.92 Å². The second-order valence-electron chi connectivity index (χ2n) is 1.82. The molecular formula is C4H10O3P+. The van der Waals surface area contributed by atoms with E-state index in [-0.39, 0.29) is 18.7 Å². The van der Waals surface area contributed by atoms with Gasteiger partial charge in [-0.2, -0.15) is 4.89 Å². The largest absolute Gasteiger partial charge is 0.505 e. The highest BCUT2D eigenvalue weighted by Crippen LogP contribution is 2.16. The predicted octanol–water partition coefficient (Wildman–Crippen LogP) is 0.349. The molecule has 4 heteroatoms. The zero-order valence-electron chi connectivity index (χ0n) is 4.74. The molecule has 48 valence electrons. The van der Waals surface area contributed by atoms with E-state index in [1.54, 1.807) is 6.92 Å². The van der Waals surface area contributed by atoms with Gasteiger partial charge in [0.15, 0.2) is 6.16 Å². The standard InChI is InChI=1S/C4H9O3P/c1-4(2-5)3-8(6)7/h4-5H,2-3H2,1H3/p+1. The van der Waals surface area contributed by atoms with Crippen LogP contribution in [0, 0.1) is 5.92 Å². The van der Waals surface area contributed by atoms with Crippen LogP contribution in [0.2, 0.25) is 0 Å². The van der Waals surface area contributed by atoms with Gasteiger partial charge in [-0.25, -0.2) is 0 Å². The lowest BCUT2D eigenvalue weighted by Gasteiger charge is -1.93. The molecule has 2 unspecified atom stereocenters. The molecule has 8 heavy (non-hydrogen) atoms. The van der Waals surface area contributed by atoms with Gasteiger partial charge in [0.2, 0.25) is 0 Å². The quantitative estimate of drug-likeness (QED) is 0.552. The summed E-state index contributed by atoms with van der Waals surface area (Å²) < 4.78 is 10.0. The molecule has 0 aromatic carbocycles. The minimum absolute atomic E-state index is 0.0123. The highest BCUT2D eigenvalue weighted by Gasteiger charge is 2.15. The zero-order chi connectivity index (χ0) is 6.57. The third-order valence-corrected chi connectivity index (χ3v) is 1.72. The summed E-state index contributed by atoms with van der Waals surface area (Å²) in [6.07, 6.45) is 0.200. The number of aliphatic hydroxyl groups is 1. The van der Waals surface area contributed by atoms with Gasteiger partial charge in [-0.1, -0.05) is 6.92 Å². The molecule has 0 radical (unpaired) electrons. The molecule has 0 spiro atoms. The molecular weight excluding hydrogens is 127 g/mol. The lowest BCUT2D eigenvalue weighted by molar-refractivity contribution is 0.248. The normalized spacial score (nSPS) is 15.6. The molecule has 3 nitrogen and oxygen atoms in total. The van der Waals surface area contributed by atoms with Crippen molar-refractivity contribution in [3.05, 3.63) is 0 Å². The monoisotopic (exact) mass is 137 g/mol. The van der Waals surface area contributed by atoms with Gasteiger partial charge < -0.3 is 5.11 Å². The lowest BCUT2D eigenvalue weighted by Crippen LogP contribution is -2.02. The predicted molar refractivity (Wildman–Crippen MR) is 30.9 cm³/mol. The van der Waals surface area contributed by atoms with Crippen LogP contribution >= 0.6 is 8.03 Å². The molecule has 0 heterocycles. The van der Waals surface area contributed by atoms with E-state index in [0.717, 1.165) is 0 Å². The van der Waals surface area contributed by atoms with Crippen molar-refractivity contribution in [1.29, 1.82) is 0 Å². The fourth-order valence-electron chi connectivity index (χ4n) is 0.324. The average molecular weight is 137 g/mol. The molecule has 2 atom stereocenters. The summed E-state index contributed by atoms with van der Waals surface area (Å²) >= 11 is 0. The van der Waals surface area contributed by atoms with E-state index >= 15 is 0 Å². The Hall–Kier alpha value is 0.0200. The van der Waals surface area contributed by atoms with E-state index in [1.807, 2.05) is 0 Å². The van der Waals surface area contributed by atoms with Crippen LogP contribution in [0.3, 0.4) is 0 Å². The average Bonchev–Trinajstić information content (AvgIpc) is 1.65. The molecule has 0 bridgehead atoms. The van der Waals surface area contributed by atoms with Crippen LogP contribution in [0.25, 0.3) is 0 Å². The number of rotatable bonds is 3. The maximum atomic E-state index is 10.0. The maximum Gasteiger partial charge on any atom is 0.505 e. The van der Waals surface area contributed by atoms with E-state index in [0.29, 0.717) is 0 Å². The van der Waals surface area contributed by atoms with E-state index in [4.69, 9.17) is 10.00 Å². The first-order valence-electron chi connectivity index (χ1n) is 2.41. The fourth-order valence-corrected chi connectivity index (χ4v) is 0.973. The Morgan fingerprint density at radius 1 is 1.75 bits per heavy atom.